The van der Waals surface area contributed by atoms with Crippen LogP contribution in [0.3, 0.4) is 0 Å². The van der Waals surface area contributed by atoms with Crippen LogP contribution in [0.2, 0.25) is 5.02 Å². The van der Waals surface area contributed by atoms with Crippen LogP contribution in [-0.4, -0.2) is 51.1 Å². The molecule has 0 atom stereocenters. The van der Waals surface area contributed by atoms with Crippen molar-refractivity contribution in [1.82, 2.24) is 0 Å². The molecule has 0 aliphatic carbocycles. The fourth-order valence-corrected chi connectivity index (χ4v) is 5.02. The van der Waals surface area contributed by atoms with Crippen molar-refractivity contribution in [2.75, 3.05) is 47.4 Å². The van der Waals surface area contributed by atoms with E-state index in [4.69, 9.17) is 40.0 Å². The molecule has 0 saturated carbocycles. The molecule has 3 aromatic rings. The van der Waals surface area contributed by atoms with Crippen LogP contribution in [0.15, 0.2) is 47.4 Å². The Kier molecular flexibility index (Phi) is 9.01. The van der Waals surface area contributed by atoms with E-state index in [-0.39, 0.29) is 21.4 Å². The van der Waals surface area contributed by atoms with Crippen molar-refractivity contribution in [1.29, 1.82) is 0 Å². The molecule has 1 N–H and O–H groups in total. The third-order valence-corrected chi connectivity index (χ3v) is 7.03. The van der Waals surface area contributed by atoms with Gasteiger partial charge in [0.25, 0.3) is 10.0 Å². The first-order valence-electron chi connectivity index (χ1n) is 10.8. The van der Waals surface area contributed by atoms with Crippen molar-refractivity contribution >= 4 is 39.5 Å². The number of anilines is 1. The van der Waals surface area contributed by atoms with Gasteiger partial charge in [0.05, 0.1) is 52.6 Å². The zero-order valence-corrected chi connectivity index (χ0v) is 22.8. The zero-order valence-electron chi connectivity index (χ0n) is 21.2. The van der Waals surface area contributed by atoms with E-state index in [0.717, 1.165) is 5.56 Å². The standard InChI is InChI=1S/C26H28ClNO8S/c1-31-20-12-10-18(15-19(20)27)37(29,30)28-24-17(9-11-21(32-2)26(24)36-6)8-7-16-13-22(33-3)25(35-5)23(14-16)34-4/h7-15,28H,1-6H3/b8-7-. The molecule has 0 aliphatic rings. The Morgan fingerprint density at radius 3 is 1.76 bits per heavy atom. The van der Waals surface area contributed by atoms with Gasteiger partial charge in [-0.3, -0.25) is 4.72 Å². The fourth-order valence-electron chi connectivity index (χ4n) is 3.58. The molecule has 0 aromatic heterocycles. The summed E-state index contributed by atoms with van der Waals surface area (Å²) in [5.41, 5.74) is 1.41. The van der Waals surface area contributed by atoms with Crippen molar-refractivity contribution in [3.8, 4) is 34.5 Å². The number of hydrogen-bond donors (Lipinski definition) is 1. The third-order valence-electron chi connectivity index (χ3n) is 5.39. The van der Waals surface area contributed by atoms with Gasteiger partial charge in [0.15, 0.2) is 23.0 Å². The van der Waals surface area contributed by atoms with Gasteiger partial charge < -0.3 is 28.4 Å². The summed E-state index contributed by atoms with van der Waals surface area (Å²) in [6, 6.07) is 11.1. The first-order valence-corrected chi connectivity index (χ1v) is 12.7. The summed E-state index contributed by atoms with van der Waals surface area (Å²) in [7, 11) is 4.83. The van der Waals surface area contributed by atoms with Crippen molar-refractivity contribution in [2.45, 2.75) is 4.90 Å². The number of halogens is 1. The number of hydrogen-bond acceptors (Lipinski definition) is 8. The number of sulfonamides is 1. The molecular formula is C26H28ClNO8S. The van der Waals surface area contributed by atoms with Crippen molar-refractivity contribution in [2.24, 2.45) is 0 Å². The van der Waals surface area contributed by atoms with Crippen LogP contribution < -0.4 is 33.1 Å². The average molecular weight is 550 g/mol. The maximum atomic E-state index is 13.3. The lowest BCUT2D eigenvalue weighted by atomic mass is 10.1. The second kappa shape index (κ2) is 12.0. The molecule has 0 amide bonds. The minimum Gasteiger partial charge on any atom is -0.495 e. The molecule has 0 bridgehead atoms. The SMILES string of the molecule is COc1ccc(S(=O)(=O)Nc2c(/C=C\c3cc(OC)c(OC)c(OC)c3)ccc(OC)c2OC)cc1Cl. The highest BCUT2D eigenvalue weighted by molar-refractivity contribution is 7.92. The van der Waals surface area contributed by atoms with Crippen molar-refractivity contribution in [3.63, 3.8) is 0 Å². The van der Waals surface area contributed by atoms with Gasteiger partial charge in [-0.1, -0.05) is 23.8 Å². The van der Waals surface area contributed by atoms with Gasteiger partial charge >= 0.3 is 0 Å². The van der Waals surface area contributed by atoms with Gasteiger partial charge in [-0.2, -0.15) is 0 Å². The molecule has 9 nitrogen and oxygen atoms in total. The van der Waals surface area contributed by atoms with Crippen molar-refractivity contribution in [3.05, 3.63) is 58.6 Å². The summed E-state index contributed by atoms with van der Waals surface area (Å²) in [5, 5.41) is 0.158. The lowest BCUT2D eigenvalue weighted by molar-refractivity contribution is 0.324. The van der Waals surface area contributed by atoms with Gasteiger partial charge in [0, 0.05) is 5.56 Å². The number of nitrogens with one attached hydrogen (secondary N) is 1. The molecule has 3 rings (SSSR count). The molecule has 0 heterocycles. The van der Waals surface area contributed by atoms with Gasteiger partial charge in [0.1, 0.15) is 11.4 Å². The summed E-state index contributed by atoms with van der Waals surface area (Å²) in [6.07, 6.45) is 3.50. The van der Waals surface area contributed by atoms with Crippen LogP contribution in [0, 0.1) is 0 Å². The minimum atomic E-state index is -4.07. The number of benzene rings is 3. The zero-order chi connectivity index (χ0) is 27.2. The number of methoxy groups -OCH3 is 6. The van der Waals surface area contributed by atoms with Crippen LogP contribution in [-0.2, 0) is 10.0 Å². The van der Waals surface area contributed by atoms with Gasteiger partial charge in [-0.15, -0.1) is 0 Å². The van der Waals surface area contributed by atoms with E-state index in [1.807, 2.05) is 0 Å². The van der Waals surface area contributed by atoms with Gasteiger partial charge in [0.2, 0.25) is 5.75 Å². The maximum absolute atomic E-state index is 13.3. The Balaban J connectivity index is 2.10. The molecular weight excluding hydrogens is 522 g/mol. The first-order chi connectivity index (χ1) is 17.7. The summed E-state index contributed by atoms with van der Waals surface area (Å²) >= 11 is 6.16. The van der Waals surface area contributed by atoms with Gasteiger partial charge in [-0.05, 0) is 48.0 Å². The Labute approximate surface area is 221 Å². The monoisotopic (exact) mass is 549 g/mol. The van der Waals surface area contributed by atoms with Crippen LogP contribution in [0.1, 0.15) is 11.1 Å². The Morgan fingerprint density at radius 2 is 1.24 bits per heavy atom. The average Bonchev–Trinajstić information content (AvgIpc) is 2.90. The van der Waals surface area contributed by atoms with Gasteiger partial charge in [-0.25, -0.2) is 8.42 Å². The van der Waals surface area contributed by atoms with E-state index in [9.17, 15) is 8.42 Å². The van der Waals surface area contributed by atoms with E-state index in [0.29, 0.717) is 34.3 Å². The topological polar surface area (TPSA) is 102 Å². The minimum absolute atomic E-state index is 0.0530. The molecule has 0 radical (unpaired) electrons. The summed E-state index contributed by atoms with van der Waals surface area (Å²) in [5.74, 6) is 2.32. The van der Waals surface area contributed by atoms with E-state index in [1.165, 1.54) is 60.9 Å². The largest absolute Gasteiger partial charge is 0.495 e. The summed E-state index contributed by atoms with van der Waals surface area (Å²) in [6.45, 7) is 0. The van der Waals surface area contributed by atoms with Crippen LogP contribution in [0.5, 0.6) is 34.5 Å². The van der Waals surface area contributed by atoms with Crippen LogP contribution >= 0.6 is 11.6 Å². The quantitative estimate of drug-likeness (QED) is 0.319. The molecule has 37 heavy (non-hydrogen) atoms. The molecule has 0 aliphatic heterocycles. The molecule has 0 unspecified atom stereocenters. The summed E-state index contributed by atoms with van der Waals surface area (Å²) in [4.78, 5) is -0.0530. The number of ether oxygens (including phenoxy) is 6. The lowest BCUT2D eigenvalue weighted by Crippen LogP contribution is -2.15. The predicted octanol–water partition coefficient (Wildman–Crippen LogP) is 5.36. The highest BCUT2D eigenvalue weighted by atomic mass is 35.5. The maximum Gasteiger partial charge on any atom is 0.262 e. The second-order valence-electron chi connectivity index (χ2n) is 7.46. The fraction of sp³-hybridized carbons (Fsp3) is 0.231. The smallest absolute Gasteiger partial charge is 0.262 e. The van der Waals surface area contributed by atoms with E-state index in [2.05, 4.69) is 4.72 Å². The second-order valence-corrected chi connectivity index (χ2v) is 9.55. The Hall–Kier alpha value is -3.76. The highest BCUT2D eigenvalue weighted by Gasteiger charge is 2.22. The lowest BCUT2D eigenvalue weighted by Gasteiger charge is -2.17. The third kappa shape index (κ3) is 5.98. The Morgan fingerprint density at radius 1 is 0.676 bits per heavy atom. The predicted molar refractivity (Wildman–Crippen MR) is 143 cm³/mol. The highest BCUT2D eigenvalue weighted by Crippen LogP contribution is 2.41. The molecule has 198 valence electrons. The molecule has 0 fully saturated rings. The first kappa shape index (κ1) is 27.8. The normalized spacial score (nSPS) is 11.2. The molecule has 3 aromatic carbocycles. The summed E-state index contributed by atoms with van der Waals surface area (Å²) < 4.78 is 61.4. The van der Waals surface area contributed by atoms with Crippen LogP contribution in [0.25, 0.3) is 12.2 Å². The molecule has 0 saturated heterocycles. The van der Waals surface area contributed by atoms with E-state index >= 15 is 0 Å². The Bertz CT molecular complexity index is 1380. The van der Waals surface area contributed by atoms with E-state index < -0.39 is 10.0 Å². The van der Waals surface area contributed by atoms with E-state index in [1.54, 1.807) is 36.4 Å². The van der Waals surface area contributed by atoms with Crippen LogP contribution in [0.4, 0.5) is 5.69 Å². The number of rotatable bonds is 11. The molecule has 0 spiro atoms. The van der Waals surface area contributed by atoms with Crippen molar-refractivity contribution < 1.29 is 36.8 Å². The molecule has 11 heteroatoms.